The zero-order chi connectivity index (χ0) is 24.9. The Bertz CT molecular complexity index is 1400. The number of benzene rings is 3. The molecule has 0 bridgehead atoms. The average Bonchev–Trinajstić information content (AvgIpc) is 2.89. The number of nitrogens with zero attached hydrogens (tertiary/aromatic N) is 1. The quantitative estimate of drug-likeness (QED) is 0.325. The smallest absolute Gasteiger partial charge is 0.356 e. The first-order valence-electron chi connectivity index (χ1n) is 11.3. The summed E-state index contributed by atoms with van der Waals surface area (Å²) in [5, 5.41) is 1.08. The molecule has 0 fully saturated rings. The molecular weight excluding hydrogens is 446 g/mol. The van der Waals surface area contributed by atoms with Gasteiger partial charge in [0.2, 0.25) is 5.75 Å². The molecule has 4 rings (SSSR count). The van der Waals surface area contributed by atoms with Gasteiger partial charge in [-0.3, -0.25) is 9.36 Å². The van der Waals surface area contributed by atoms with E-state index in [1.165, 1.54) is 18.8 Å². The molecule has 35 heavy (non-hydrogen) atoms. The first-order chi connectivity index (χ1) is 17.0. The number of pyridine rings is 1. The van der Waals surface area contributed by atoms with Crippen LogP contribution in [0.2, 0.25) is 0 Å². The second-order valence-electron chi connectivity index (χ2n) is 7.61. The minimum atomic E-state index is -0.610. The van der Waals surface area contributed by atoms with Crippen molar-refractivity contribution in [2.45, 2.75) is 13.8 Å². The van der Waals surface area contributed by atoms with Crippen LogP contribution < -0.4 is 19.8 Å². The van der Waals surface area contributed by atoms with Crippen molar-refractivity contribution in [1.82, 2.24) is 4.57 Å². The molecule has 0 spiro atoms. The molecule has 180 valence electrons. The van der Waals surface area contributed by atoms with Gasteiger partial charge in [0.25, 0.3) is 5.56 Å². The number of rotatable bonds is 8. The van der Waals surface area contributed by atoms with Gasteiger partial charge in [-0.25, -0.2) is 4.79 Å². The first kappa shape index (κ1) is 23.9. The van der Waals surface area contributed by atoms with E-state index in [0.29, 0.717) is 51.4 Å². The lowest BCUT2D eigenvalue weighted by molar-refractivity contribution is 0.0517. The van der Waals surface area contributed by atoms with Crippen molar-refractivity contribution < 1.29 is 23.7 Å². The van der Waals surface area contributed by atoms with E-state index in [0.717, 1.165) is 0 Å². The van der Waals surface area contributed by atoms with Gasteiger partial charge in [-0.15, -0.1) is 0 Å². The molecule has 3 aromatic carbocycles. The second-order valence-corrected chi connectivity index (χ2v) is 7.61. The Labute approximate surface area is 203 Å². The summed E-state index contributed by atoms with van der Waals surface area (Å²) in [6, 6.07) is 19.8. The third-order valence-electron chi connectivity index (χ3n) is 5.61. The normalized spacial score (nSPS) is 10.7. The second kappa shape index (κ2) is 10.3. The summed E-state index contributed by atoms with van der Waals surface area (Å²) in [5.41, 5.74) is 1.50. The molecule has 7 heteroatoms. The third-order valence-corrected chi connectivity index (χ3v) is 5.61. The van der Waals surface area contributed by atoms with Crippen LogP contribution in [0.25, 0.3) is 27.6 Å². The predicted octanol–water partition coefficient (Wildman–Crippen LogP) is 5.25. The van der Waals surface area contributed by atoms with Gasteiger partial charge >= 0.3 is 5.97 Å². The topological polar surface area (TPSA) is 76.0 Å². The minimum absolute atomic E-state index is 0.120. The van der Waals surface area contributed by atoms with Crippen LogP contribution in [0.3, 0.4) is 0 Å². The number of fused-ring (bicyclic) bond motifs is 1. The van der Waals surface area contributed by atoms with E-state index in [-0.39, 0.29) is 17.9 Å². The highest BCUT2D eigenvalue weighted by molar-refractivity contribution is 6.07. The Hall–Kier alpha value is -4.26. The summed E-state index contributed by atoms with van der Waals surface area (Å²) in [4.78, 5) is 27.2. The summed E-state index contributed by atoms with van der Waals surface area (Å²) >= 11 is 0. The third kappa shape index (κ3) is 4.33. The van der Waals surface area contributed by atoms with Crippen molar-refractivity contribution in [3.63, 3.8) is 0 Å². The average molecular weight is 474 g/mol. The number of aromatic nitrogens is 1. The van der Waals surface area contributed by atoms with Crippen LogP contribution in [0.15, 0.2) is 71.5 Å². The molecule has 0 saturated carbocycles. The van der Waals surface area contributed by atoms with E-state index >= 15 is 0 Å². The summed E-state index contributed by atoms with van der Waals surface area (Å²) in [6.07, 6.45) is 0. The van der Waals surface area contributed by atoms with E-state index in [9.17, 15) is 9.59 Å². The number of esters is 1. The zero-order valence-electron chi connectivity index (χ0n) is 20.2. The Morgan fingerprint density at radius 1 is 0.829 bits per heavy atom. The number of hydrogen-bond donors (Lipinski definition) is 0. The lowest BCUT2D eigenvalue weighted by Crippen LogP contribution is -2.27. The summed E-state index contributed by atoms with van der Waals surface area (Å²) < 4.78 is 23.8. The molecule has 7 nitrogen and oxygen atoms in total. The Kier molecular flexibility index (Phi) is 7.06. The molecule has 0 atom stereocenters. The molecule has 0 aliphatic carbocycles. The van der Waals surface area contributed by atoms with Crippen molar-refractivity contribution >= 4 is 16.7 Å². The van der Waals surface area contributed by atoms with Crippen molar-refractivity contribution in [2.75, 3.05) is 27.4 Å². The van der Waals surface area contributed by atoms with Gasteiger partial charge in [-0.05, 0) is 55.1 Å². The largest absolute Gasteiger partial charge is 0.493 e. The highest BCUT2D eigenvalue weighted by Gasteiger charge is 2.27. The Morgan fingerprint density at radius 3 is 2.00 bits per heavy atom. The Morgan fingerprint density at radius 2 is 1.43 bits per heavy atom. The molecule has 0 radical (unpaired) electrons. The molecule has 0 aliphatic rings. The molecule has 0 aliphatic heterocycles. The highest BCUT2D eigenvalue weighted by atomic mass is 16.5. The molecule has 1 heterocycles. The lowest BCUT2D eigenvalue weighted by Gasteiger charge is -2.21. The summed E-state index contributed by atoms with van der Waals surface area (Å²) in [6.45, 7) is 4.17. The minimum Gasteiger partial charge on any atom is -0.493 e. The predicted molar refractivity (Wildman–Crippen MR) is 135 cm³/mol. The maximum Gasteiger partial charge on any atom is 0.356 e. The van der Waals surface area contributed by atoms with E-state index in [1.807, 2.05) is 37.3 Å². The fraction of sp³-hybridized carbons (Fsp3) is 0.214. The van der Waals surface area contributed by atoms with E-state index < -0.39 is 5.97 Å². The van der Waals surface area contributed by atoms with Gasteiger partial charge in [0.1, 0.15) is 5.69 Å². The van der Waals surface area contributed by atoms with Gasteiger partial charge in [0, 0.05) is 16.6 Å². The fourth-order valence-electron chi connectivity index (χ4n) is 4.17. The van der Waals surface area contributed by atoms with Crippen LogP contribution in [-0.4, -0.2) is 38.0 Å². The maximum absolute atomic E-state index is 13.7. The first-order valence-corrected chi connectivity index (χ1v) is 11.3. The number of carbonyl (C=O) groups is 1. The number of carbonyl (C=O) groups excluding carboxylic acids is 1. The molecule has 0 unspecified atom stereocenters. The van der Waals surface area contributed by atoms with Crippen LogP contribution in [0.4, 0.5) is 0 Å². The van der Waals surface area contributed by atoms with E-state index in [4.69, 9.17) is 18.9 Å². The molecule has 4 aromatic rings. The van der Waals surface area contributed by atoms with Crippen molar-refractivity contribution in [2.24, 2.45) is 0 Å². The maximum atomic E-state index is 13.7. The van der Waals surface area contributed by atoms with Gasteiger partial charge < -0.3 is 18.9 Å². The summed E-state index contributed by atoms with van der Waals surface area (Å²) in [7, 11) is 3.08. The molecule has 1 aromatic heterocycles. The highest BCUT2D eigenvalue weighted by Crippen LogP contribution is 2.43. The standard InChI is InChI=1S/C28H27NO6/c1-5-34-26-22(32-3)16-18(17-23(26)33-4)24-20-14-10-11-15-21(20)27(30)29(19-12-8-7-9-13-19)25(24)28(31)35-6-2/h7-17H,5-6H2,1-4H3. The van der Waals surface area contributed by atoms with Crippen LogP contribution in [-0.2, 0) is 4.74 Å². The van der Waals surface area contributed by atoms with Gasteiger partial charge in [0.05, 0.1) is 27.4 Å². The Balaban J connectivity index is 2.20. The molecule has 0 amide bonds. The summed E-state index contributed by atoms with van der Waals surface area (Å²) in [5.74, 6) is 0.732. The molecular formula is C28H27NO6. The van der Waals surface area contributed by atoms with Crippen LogP contribution in [0.1, 0.15) is 24.3 Å². The van der Waals surface area contributed by atoms with Crippen LogP contribution >= 0.6 is 0 Å². The monoisotopic (exact) mass is 473 g/mol. The van der Waals surface area contributed by atoms with E-state index in [1.54, 1.807) is 43.3 Å². The zero-order valence-corrected chi connectivity index (χ0v) is 20.2. The van der Waals surface area contributed by atoms with Gasteiger partial charge in [-0.1, -0.05) is 36.4 Å². The van der Waals surface area contributed by atoms with Gasteiger partial charge in [0.15, 0.2) is 11.5 Å². The van der Waals surface area contributed by atoms with Gasteiger partial charge in [-0.2, -0.15) is 0 Å². The number of para-hydroxylation sites is 1. The number of ether oxygens (including phenoxy) is 4. The molecule has 0 saturated heterocycles. The van der Waals surface area contributed by atoms with Crippen LogP contribution in [0, 0.1) is 0 Å². The molecule has 0 N–H and O–H groups in total. The van der Waals surface area contributed by atoms with Crippen LogP contribution in [0.5, 0.6) is 17.2 Å². The van der Waals surface area contributed by atoms with E-state index in [2.05, 4.69) is 0 Å². The fourth-order valence-corrected chi connectivity index (χ4v) is 4.17. The lowest BCUT2D eigenvalue weighted by atomic mass is 9.95. The van der Waals surface area contributed by atoms with Crippen molar-refractivity contribution in [3.8, 4) is 34.1 Å². The SMILES string of the molecule is CCOC(=O)c1c(-c2cc(OC)c(OCC)c(OC)c2)c2ccccc2c(=O)n1-c1ccccc1. The number of methoxy groups -OCH3 is 2. The number of hydrogen-bond acceptors (Lipinski definition) is 6. The van der Waals surface area contributed by atoms with Crippen molar-refractivity contribution in [3.05, 3.63) is 82.8 Å². The van der Waals surface area contributed by atoms with Crippen molar-refractivity contribution in [1.29, 1.82) is 0 Å².